The number of rotatable bonds is 3. The predicted molar refractivity (Wildman–Crippen MR) is 108 cm³/mol. The number of nitrogens with zero attached hydrogens (tertiary/aromatic N) is 4. The third-order valence-corrected chi connectivity index (χ3v) is 4.71. The van der Waals surface area contributed by atoms with Crippen LogP contribution in [-0.4, -0.2) is 59.8 Å². The summed E-state index contributed by atoms with van der Waals surface area (Å²) in [6.07, 6.45) is 1.64. The second-order valence-electron chi connectivity index (χ2n) is 7.97. The van der Waals surface area contributed by atoms with Crippen LogP contribution in [0.4, 0.5) is 16.4 Å². The number of ether oxygens (including phenoxy) is 1. The first kappa shape index (κ1) is 19.2. The molecule has 1 N–H and O–H groups in total. The van der Waals surface area contributed by atoms with Gasteiger partial charge in [0.2, 0.25) is 0 Å². The van der Waals surface area contributed by atoms with Gasteiger partial charge in [-0.05, 0) is 45.7 Å². The molecule has 7 nitrogen and oxygen atoms in total. The lowest BCUT2D eigenvalue weighted by Crippen LogP contribution is -2.50. The summed E-state index contributed by atoms with van der Waals surface area (Å²) < 4.78 is 5.52. The van der Waals surface area contributed by atoms with Crippen molar-refractivity contribution in [3.05, 3.63) is 24.3 Å². The van der Waals surface area contributed by atoms with Crippen LogP contribution in [0.5, 0.6) is 0 Å². The average Bonchev–Trinajstić information content (AvgIpc) is 2.65. The van der Waals surface area contributed by atoms with Crippen molar-refractivity contribution < 1.29 is 9.53 Å². The highest BCUT2D eigenvalue weighted by Gasteiger charge is 2.30. The molecule has 146 valence electrons. The number of aromatic nitrogens is 2. The van der Waals surface area contributed by atoms with E-state index in [0.29, 0.717) is 6.54 Å². The molecule has 1 aromatic heterocycles. The van der Waals surface area contributed by atoms with Crippen LogP contribution in [0.25, 0.3) is 11.0 Å². The van der Waals surface area contributed by atoms with Gasteiger partial charge in [-0.2, -0.15) is 0 Å². The fraction of sp³-hybridized carbons (Fsp3) is 0.550. The lowest BCUT2D eigenvalue weighted by Gasteiger charge is -2.38. The molecule has 0 aliphatic carbocycles. The second kappa shape index (κ2) is 7.58. The summed E-state index contributed by atoms with van der Waals surface area (Å²) in [6.45, 7) is 7.25. The van der Waals surface area contributed by atoms with Crippen molar-refractivity contribution in [1.29, 1.82) is 0 Å². The Hall–Kier alpha value is -2.57. The Morgan fingerprint density at radius 3 is 2.56 bits per heavy atom. The maximum atomic E-state index is 12.4. The van der Waals surface area contributed by atoms with E-state index in [1.165, 1.54) is 0 Å². The summed E-state index contributed by atoms with van der Waals surface area (Å²) in [4.78, 5) is 25.9. The average molecular weight is 371 g/mol. The summed E-state index contributed by atoms with van der Waals surface area (Å²) in [5.41, 5.74) is 1.24. The second-order valence-corrected chi connectivity index (χ2v) is 7.97. The molecule has 2 aromatic rings. The van der Waals surface area contributed by atoms with E-state index in [1.54, 1.807) is 4.90 Å². The number of amides is 1. The molecule has 1 atom stereocenters. The summed E-state index contributed by atoms with van der Waals surface area (Å²) in [5, 5.41) is 3.16. The Labute approximate surface area is 160 Å². The molecule has 2 heterocycles. The first-order valence-electron chi connectivity index (χ1n) is 9.44. The highest BCUT2D eigenvalue weighted by molar-refractivity contribution is 5.80. The van der Waals surface area contributed by atoms with Gasteiger partial charge >= 0.3 is 6.09 Å². The van der Waals surface area contributed by atoms with Crippen LogP contribution in [0.3, 0.4) is 0 Å². The number of benzene rings is 1. The molecule has 1 aliphatic heterocycles. The van der Waals surface area contributed by atoms with Crippen LogP contribution in [0.15, 0.2) is 24.3 Å². The summed E-state index contributed by atoms with van der Waals surface area (Å²) in [5.74, 6) is 1.59. The number of nitrogens with one attached hydrogen (secondary N) is 1. The molecule has 1 aromatic carbocycles. The van der Waals surface area contributed by atoms with Gasteiger partial charge < -0.3 is 19.9 Å². The number of hydrogen-bond acceptors (Lipinski definition) is 6. The van der Waals surface area contributed by atoms with Gasteiger partial charge in [0, 0.05) is 27.2 Å². The maximum absolute atomic E-state index is 12.4. The Morgan fingerprint density at radius 2 is 1.93 bits per heavy atom. The molecule has 3 rings (SSSR count). The van der Waals surface area contributed by atoms with E-state index in [0.717, 1.165) is 42.1 Å². The van der Waals surface area contributed by atoms with E-state index in [9.17, 15) is 4.79 Å². The molecule has 0 saturated carbocycles. The minimum atomic E-state index is -0.497. The van der Waals surface area contributed by atoms with Crippen molar-refractivity contribution >= 4 is 28.8 Å². The summed E-state index contributed by atoms with van der Waals surface area (Å²) >= 11 is 0. The lowest BCUT2D eigenvalue weighted by atomic mass is 10.0. The van der Waals surface area contributed by atoms with Crippen molar-refractivity contribution in [2.24, 2.45) is 0 Å². The summed E-state index contributed by atoms with van der Waals surface area (Å²) in [6, 6.07) is 7.94. The monoisotopic (exact) mass is 371 g/mol. The van der Waals surface area contributed by atoms with Crippen molar-refractivity contribution in [3.8, 4) is 0 Å². The van der Waals surface area contributed by atoms with Crippen LogP contribution >= 0.6 is 0 Å². The lowest BCUT2D eigenvalue weighted by molar-refractivity contribution is 0.0209. The van der Waals surface area contributed by atoms with Crippen LogP contribution in [0, 0.1) is 0 Å². The number of fused-ring (bicyclic) bond motifs is 1. The molecule has 1 aliphatic rings. The van der Waals surface area contributed by atoms with E-state index < -0.39 is 5.60 Å². The highest BCUT2D eigenvalue weighted by atomic mass is 16.6. The minimum Gasteiger partial charge on any atom is -0.444 e. The standard InChI is InChI=1S/C20H29N5O2/c1-20(2,3)27-19(26)24(5)14-9-8-12-25(13-14)18-17(21-4)22-15-10-6-7-11-16(15)23-18/h6-7,10-11,14H,8-9,12-13H2,1-5H3,(H,21,22)/t14-/m1/s1. The first-order valence-corrected chi connectivity index (χ1v) is 9.44. The van der Waals surface area contributed by atoms with Crippen LogP contribution in [0.1, 0.15) is 33.6 Å². The number of piperidine rings is 1. The number of carbonyl (C=O) groups is 1. The zero-order chi connectivity index (χ0) is 19.6. The molecule has 1 saturated heterocycles. The van der Waals surface area contributed by atoms with Gasteiger partial charge in [0.1, 0.15) is 5.60 Å². The largest absolute Gasteiger partial charge is 0.444 e. The molecule has 0 unspecified atom stereocenters. The van der Waals surface area contributed by atoms with Crippen molar-refractivity contribution in [3.63, 3.8) is 0 Å². The summed E-state index contributed by atoms with van der Waals surface area (Å²) in [7, 11) is 3.67. The molecular formula is C20H29N5O2. The third kappa shape index (κ3) is 4.40. The number of para-hydroxylation sites is 2. The number of hydrogen-bond donors (Lipinski definition) is 1. The molecule has 27 heavy (non-hydrogen) atoms. The first-order chi connectivity index (χ1) is 12.8. The molecular weight excluding hydrogens is 342 g/mol. The van der Waals surface area contributed by atoms with Gasteiger partial charge in [0.25, 0.3) is 0 Å². The van der Waals surface area contributed by atoms with Crippen molar-refractivity contribution in [2.75, 3.05) is 37.4 Å². The molecule has 0 radical (unpaired) electrons. The van der Waals surface area contributed by atoms with E-state index in [2.05, 4.69) is 10.2 Å². The van der Waals surface area contributed by atoms with Crippen LogP contribution in [-0.2, 0) is 4.74 Å². The van der Waals surface area contributed by atoms with E-state index in [-0.39, 0.29) is 12.1 Å². The third-order valence-electron chi connectivity index (χ3n) is 4.71. The molecule has 1 fully saturated rings. The SMILES string of the molecule is CNc1nc2ccccc2nc1N1CCC[C@@H](N(C)C(=O)OC(C)(C)C)C1. The Morgan fingerprint density at radius 1 is 1.26 bits per heavy atom. The number of likely N-dealkylation sites (N-methyl/N-ethyl adjacent to an activating group) is 1. The Kier molecular flexibility index (Phi) is 5.39. The zero-order valence-electron chi connectivity index (χ0n) is 16.8. The van der Waals surface area contributed by atoms with Crippen LogP contribution in [0.2, 0.25) is 0 Å². The fourth-order valence-corrected chi connectivity index (χ4v) is 3.33. The molecule has 1 amide bonds. The van der Waals surface area contributed by atoms with Crippen LogP contribution < -0.4 is 10.2 Å². The van der Waals surface area contributed by atoms with E-state index >= 15 is 0 Å². The molecule has 7 heteroatoms. The molecule has 0 spiro atoms. The number of anilines is 2. The normalized spacial score (nSPS) is 17.7. The van der Waals surface area contributed by atoms with Gasteiger partial charge in [0.15, 0.2) is 11.6 Å². The smallest absolute Gasteiger partial charge is 0.410 e. The topological polar surface area (TPSA) is 70.6 Å². The van der Waals surface area contributed by atoms with Gasteiger partial charge in [-0.3, -0.25) is 0 Å². The Balaban J connectivity index is 1.82. The quantitative estimate of drug-likeness (QED) is 0.890. The van der Waals surface area contributed by atoms with Gasteiger partial charge in [-0.25, -0.2) is 14.8 Å². The van der Waals surface area contributed by atoms with E-state index in [4.69, 9.17) is 14.7 Å². The predicted octanol–water partition coefficient (Wildman–Crippen LogP) is 3.51. The van der Waals surface area contributed by atoms with Gasteiger partial charge in [-0.1, -0.05) is 12.1 Å². The van der Waals surface area contributed by atoms with E-state index in [1.807, 2.05) is 59.1 Å². The zero-order valence-corrected chi connectivity index (χ0v) is 16.8. The minimum absolute atomic E-state index is 0.0755. The van der Waals surface area contributed by atoms with Gasteiger partial charge in [-0.15, -0.1) is 0 Å². The fourth-order valence-electron chi connectivity index (χ4n) is 3.33. The van der Waals surface area contributed by atoms with Crippen molar-refractivity contribution in [2.45, 2.75) is 45.3 Å². The highest BCUT2D eigenvalue weighted by Crippen LogP contribution is 2.28. The molecule has 0 bridgehead atoms. The maximum Gasteiger partial charge on any atom is 0.410 e. The number of carbonyl (C=O) groups excluding carboxylic acids is 1. The van der Waals surface area contributed by atoms with Gasteiger partial charge in [0.05, 0.1) is 17.1 Å². The Bertz CT molecular complexity index is 818. The van der Waals surface area contributed by atoms with Crippen molar-refractivity contribution in [1.82, 2.24) is 14.9 Å².